The maximum atomic E-state index is 13.5. The summed E-state index contributed by atoms with van der Waals surface area (Å²) in [6, 6.07) is 2.97. The van der Waals surface area contributed by atoms with Crippen LogP contribution in [0.3, 0.4) is 0 Å². The van der Waals surface area contributed by atoms with Crippen molar-refractivity contribution in [3.05, 3.63) is 35.4 Å². The molecule has 122 valence electrons. The minimum atomic E-state index is -0.635. The van der Waals surface area contributed by atoms with E-state index in [0.29, 0.717) is 29.7 Å². The second-order valence-electron chi connectivity index (χ2n) is 6.97. The van der Waals surface area contributed by atoms with Gasteiger partial charge in [-0.1, -0.05) is 0 Å². The Bertz CT molecular complexity index is 667. The summed E-state index contributed by atoms with van der Waals surface area (Å²) in [6.07, 6.45) is 4.65. The topological polar surface area (TPSA) is 32.7 Å². The Balaban J connectivity index is 1.59. The van der Waals surface area contributed by atoms with E-state index in [-0.39, 0.29) is 11.3 Å². The van der Waals surface area contributed by atoms with E-state index in [1.165, 1.54) is 17.1 Å². The molecule has 2 atom stereocenters. The van der Waals surface area contributed by atoms with Crippen LogP contribution in [-0.4, -0.2) is 23.0 Å². The highest BCUT2D eigenvalue weighted by Crippen LogP contribution is 2.63. The molecule has 3 aliphatic carbocycles. The Morgan fingerprint density at radius 1 is 1.26 bits per heavy atom. The summed E-state index contributed by atoms with van der Waals surface area (Å²) < 4.78 is 27.0. The van der Waals surface area contributed by atoms with E-state index in [2.05, 4.69) is 5.10 Å². The van der Waals surface area contributed by atoms with Gasteiger partial charge < -0.3 is 0 Å². The number of halogens is 3. The number of rotatable bonds is 3. The van der Waals surface area contributed by atoms with Gasteiger partial charge in [0.25, 0.3) is 0 Å². The largest absolute Gasteiger partial charge is 0.272 e. The van der Waals surface area contributed by atoms with Crippen molar-refractivity contribution in [3.8, 4) is 0 Å². The van der Waals surface area contributed by atoms with Crippen LogP contribution in [0.1, 0.15) is 37.3 Å². The molecule has 1 amide bonds. The molecule has 3 nitrogen and oxygen atoms in total. The van der Waals surface area contributed by atoms with Crippen LogP contribution < -0.4 is 0 Å². The molecule has 0 spiro atoms. The third-order valence-electron chi connectivity index (χ3n) is 5.58. The van der Waals surface area contributed by atoms with Crippen LogP contribution in [0.2, 0.25) is 0 Å². The van der Waals surface area contributed by atoms with Gasteiger partial charge in [0.1, 0.15) is 11.6 Å². The monoisotopic (exact) mass is 338 g/mol. The normalized spacial score (nSPS) is 34.7. The summed E-state index contributed by atoms with van der Waals surface area (Å²) in [5.74, 6) is 0.227. The first kappa shape index (κ1) is 15.1. The van der Waals surface area contributed by atoms with E-state index in [1.807, 2.05) is 0 Å². The van der Waals surface area contributed by atoms with Crippen molar-refractivity contribution in [2.45, 2.75) is 31.7 Å². The molecular formula is C17H17ClF2N2O. The molecule has 4 aliphatic rings. The van der Waals surface area contributed by atoms with Crippen LogP contribution in [0.5, 0.6) is 0 Å². The molecule has 3 saturated carbocycles. The highest BCUT2D eigenvalue weighted by molar-refractivity contribution is 6.18. The summed E-state index contributed by atoms with van der Waals surface area (Å²) in [6.45, 7) is 0. The van der Waals surface area contributed by atoms with Crippen LogP contribution in [0.15, 0.2) is 23.3 Å². The Labute approximate surface area is 138 Å². The van der Waals surface area contributed by atoms with Gasteiger partial charge in [0, 0.05) is 24.6 Å². The lowest BCUT2D eigenvalue weighted by molar-refractivity contribution is -0.148. The first-order chi connectivity index (χ1) is 11.0. The number of hydrazone groups is 1. The van der Waals surface area contributed by atoms with Crippen LogP contribution in [0, 0.1) is 28.9 Å². The van der Waals surface area contributed by atoms with Crippen molar-refractivity contribution in [2.24, 2.45) is 22.4 Å². The average molecular weight is 339 g/mol. The molecule has 1 heterocycles. The van der Waals surface area contributed by atoms with Crippen molar-refractivity contribution in [3.63, 3.8) is 0 Å². The van der Waals surface area contributed by atoms with Gasteiger partial charge in [-0.2, -0.15) is 5.10 Å². The van der Waals surface area contributed by atoms with Crippen molar-refractivity contribution in [1.29, 1.82) is 0 Å². The van der Waals surface area contributed by atoms with Crippen molar-refractivity contribution < 1.29 is 13.6 Å². The lowest BCUT2D eigenvalue weighted by Crippen LogP contribution is -2.44. The fourth-order valence-corrected chi connectivity index (χ4v) is 4.81. The minimum absolute atomic E-state index is 0.0233. The summed E-state index contributed by atoms with van der Waals surface area (Å²) in [5, 5.41) is 5.63. The predicted octanol–water partition coefficient (Wildman–Crippen LogP) is 3.88. The number of nitrogens with zero attached hydrogens (tertiary/aromatic N) is 2. The third-order valence-corrected chi connectivity index (χ3v) is 5.98. The highest BCUT2D eigenvalue weighted by atomic mass is 35.5. The van der Waals surface area contributed by atoms with Gasteiger partial charge in [0.2, 0.25) is 5.91 Å². The second-order valence-corrected chi connectivity index (χ2v) is 7.28. The van der Waals surface area contributed by atoms with Gasteiger partial charge in [-0.15, -0.1) is 11.6 Å². The van der Waals surface area contributed by atoms with E-state index in [1.54, 1.807) is 6.21 Å². The molecule has 0 aromatic heterocycles. The number of carbonyl (C=O) groups excluding carboxylic acids is 1. The van der Waals surface area contributed by atoms with E-state index in [0.717, 1.165) is 25.3 Å². The van der Waals surface area contributed by atoms with Gasteiger partial charge in [-0.3, -0.25) is 4.79 Å². The molecule has 2 unspecified atom stereocenters. The van der Waals surface area contributed by atoms with E-state index >= 15 is 0 Å². The van der Waals surface area contributed by atoms with E-state index < -0.39 is 17.7 Å². The van der Waals surface area contributed by atoms with Gasteiger partial charge in [0.05, 0.1) is 11.5 Å². The summed E-state index contributed by atoms with van der Waals surface area (Å²) >= 11 is 5.98. The third kappa shape index (κ3) is 2.28. The maximum absolute atomic E-state index is 13.5. The maximum Gasteiger partial charge on any atom is 0.249 e. The van der Waals surface area contributed by atoms with Crippen molar-refractivity contribution >= 4 is 23.7 Å². The van der Waals surface area contributed by atoms with Gasteiger partial charge in [-0.25, -0.2) is 13.8 Å². The summed E-state index contributed by atoms with van der Waals surface area (Å²) in [4.78, 5) is 13.0. The number of carbonyl (C=O) groups is 1. The van der Waals surface area contributed by atoms with Crippen LogP contribution >= 0.6 is 11.6 Å². The lowest BCUT2D eigenvalue weighted by Gasteiger charge is -2.40. The number of alkyl halides is 1. The van der Waals surface area contributed by atoms with Crippen LogP contribution in [0.25, 0.3) is 0 Å². The van der Waals surface area contributed by atoms with Crippen molar-refractivity contribution in [1.82, 2.24) is 5.01 Å². The molecule has 0 N–H and O–H groups in total. The van der Waals surface area contributed by atoms with Gasteiger partial charge in [0.15, 0.2) is 0 Å². The van der Waals surface area contributed by atoms with Crippen molar-refractivity contribution in [2.75, 3.05) is 5.88 Å². The Kier molecular flexibility index (Phi) is 3.45. The zero-order chi connectivity index (χ0) is 16.2. The van der Waals surface area contributed by atoms with E-state index in [4.69, 9.17) is 11.6 Å². The average Bonchev–Trinajstić information content (AvgIpc) is 3.17. The highest BCUT2D eigenvalue weighted by Gasteiger charge is 2.61. The predicted molar refractivity (Wildman–Crippen MR) is 83.0 cm³/mol. The Morgan fingerprint density at radius 2 is 1.96 bits per heavy atom. The quantitative estimate of drug-likeness (QED) is 0.770. The summed E-state index contributed by atoms with van der Waals surface area (Å²) in [7, 11) is 0. The molecule has 1 aliphatic heterocycles. The first-order valence-corrected chi connectivity index (χ1v) is 8.44. The first-order valence-electron chi connectivity index (χ1n) is 7.90. The Hall–Kier alpha value is -1.49. The van der Waals surface area contributed by atoms with Gasteiger partial charge >= 0.3 is 0 Å². The van der Waals surface area contributed by atoms with E-state index in [9.17, 15) is 13.6 Å². The number of fused-ring (bicyclic) bond motifs is 1. The number of benzene rings is 1. The Morgan fingerprint density at radius 3 is 2.57 bits per heavy atom. The number of hydrogen-bond acceptors (Lipinski definition) is 2. The molecule has 0 saturated heterocycles. The zero-order valence-corrected chi connectivity index (χ0v) is 13.3. The van der Waals surface area contributed by atoms with Crippen LogP contribution in [0.4, 0.5) is 8.78 Å². The molecule has 6 heteroatoms. The number of amides is 1. The number of hydrogen-bond donors (Lipinski definition) is 0. The fourth-order valence-electron chi connectivity index (χ4n) is 4.45. The molecule has 0 radical (unpaired) electrons. The molecule has 1 aromatic carbocycles. The fraction of sp³-hybridized carbons (Fsp3) is 0.529. The minimum Gasteiger partial charge on any atom is -0.272 e. The lowest BCUT2D eigenvalue weighted by atomic mass is 9.68. The molecule has 1 aromatic rings. The molecule has 23 heavy (non-hydrogen) atoms. The molecule has 2 bridgehead atoms. The molecular weight excluding hydrogens is 322 g/mol. The SMILES string of the molecule is O=C(N1N=CCC1c1cc(F)cc(F)c1)C12CC(CCl)C(C1)C2. The van der Waals surface area contributed by atoms with Crippen LogP contribution in [-0.2, 0) is 4.79 Å². The summed E-state index contributed by atoms with van der Waals surface area (Å²) in [5.41, 5.74) is 0.0863. The smallest absolute Gasteiger partial charge is 0.249 e. The van der Waals surface area contributed by atoms with Gasteiger partial charge in [-0.05, 0) is 48.8 Å². The molecule has 5 rings (SSSR count). The molecule has 3 fully saturated rings. The zero-order valence-electron chi connectivity index (χ0n) is 12.5. The standard InChI is InChI=1S/C17H17ClF2N2O/c18-9-12-8-17(6-11(12)7-17)16(23)22-15(1-2-21-22)10-3-13(19)5-14(20)4-10/h2-5,11-12,15H,1,6-9H2. The second kappa shape index (κ2) is 5.26.